The minimum atomic E-state index is -0.554. The fourth-order valence-corrected chi connectivity index (χ4v) is 6.48. The molecule has 0 saturated carbocycles. The summed E-state index contributed by atoms with van der Waals surface area (Å²) in [6, 6.07) is 17.6. The molecule has 2 aromatic carbocycles. The Balaban J connectivity index is 1.26. The maximum Gasteiger partial charge on any atom is 0.318 e. The van der Waals surface area contributed by atoms with Crippen molar-refractivity contribution in [1.82, 2.24) is 20.4 Å². The van der Waals surface area contributed by atoms with Crippen LogP contribution in [-0.2, 0) is 21.4 Å². The Morgan fingerprint density at radius 2 is 1.75 bits per heavy atom. The SMILES string of the molecule is CN(C(=O)N[C@@H]1CCCNC1)[C@@H](CCc1ccccc1)C(=O)N1CCC(N2C(=O)C(C)(C)c3ccccc32)CC1. The first-order chi connectivity index (χ1) is 19.3. The van der Waals surface area contributed by atoms with Crippen LogP contribution in [0.3, 0.4) is 0 Å². The summed E-state index contributed by atoms with van der Waals surface area (Å²) in [6.07, 6.45) is 4.68. The highest BCUT2D eigenvalue weighted by atomic mass is 16.2. The lowest BCUT2D eigenvalue weighted by Crippen LogP contribution is -2.57. The fraction of sp³-hybridized carbons (Fsp3) is 0.531. The second-order valence-electron chi connectivity index (χ2n) is 12.0. The smallest absolute Gasteiger partial charge is 0.318 e. The zero-order chi connectivity index (χ0) is 28.3. The molecule has 2 N–H and O–H groups in total. The van der Waals surface area contributed by atoms with Gasteiger partial charge in [-0.2, -0.15) is 0 Å². The predicted molar refractivity (Wildman–Crippen MR) is 157 cm³/mol. The Morgan fingerprint density at radius 3 is 2.45 bits per heavy atom. The van der Waals surface area contributed by atoms with Gasteiger partial charge in [-0.1, -0.05) is 48.5 Å². The predicted octanol–water partition coefficient (Wildman–Crippen LogP) is 3.70. The number of carbonyl (C=O) groups excluding carboxylic acids is 3. The van der Waals surface area contributed by atoms with E-state index in [1.165, 1.54) is 0 Å². The number of amides is 4. The first-order valence-corrected chi connectivity index (χ1v) is 14.8. The second kappa shape index (κ2) is 12.0. The van der Waals surface area contributed by atoms with Crippen molar-refractivity contribution < 1.29 is 14.4 Å². The first kappa shape index (κ1) is 28.1. The number of nitrogens with one attached hydrogen (secondary N) is 2. The zero-order valence-electron chi connectivity index (χ0n) is 24.1. The van der Waals surface area contributed by atoms with Crippen LogP contribution in [0.2, 0.25) is 0 Å². The average Bonchev–Trinajstić information content (AvgIpc) is 3.18. The number of urea groups is 1. The molecule has 3 heterocycles. The summed E-state index contributed by atoms with van der Waals surface area (Å²) in [7, 11) is 1.74. The summed E-state index contributed by atoms with van der Waals surface area (Å²) < 4.78 is 0. The van der Waals surface area contributed by atoms with E-state index in [9.17, 15) is 14.4 Å². The van der Waals surface area contributed by atoms with Gasteiger partial charge in [-0.05, 0) is 76.1 Å². The van der Waals surface area contributed by atoms with Gasteiger partial charge in [0.25, 0.3) is 0 Å². The highest BCUT2D eigenvalue weighted by Crippen LogP contribution is 2.43. The second-order valence-corrected chi connectivity index (χ2v) is 12.0. The van der Waals surface area contributed by atoms with E-state index in [0.717, 1.165) is 55.6 Å². The number of nitrogens with zero attached hydrogens (tertiary/aromatic N) is 3. The molecule has 5 rings (SSSR count). The number of piperidine rings is 2. The highest BCUT2D eigenvalue weighted by Gasteiger charge is 2.47. The Hall–Kier alpha value is -3.39. The topological polar surface area (TPSA) is 85.0 Å². The third-order valence-corrected chi connectivity index (χ3v) is 8.98. The molecule has 0 bridgehead atoms. The molecule has 0 radical (unpaired) electrons. The van der Waals surface area contributed by atoms with Crippen molar-refractivity contribution in [2.75, 3.05) is 38.1 Å². The van der Waals surface area contributed by atoms with Crippen molar-refractivity contribution in [2.24, 2.45) is 0 Å². The van der Waals surface area contributed by atoms with E-state index in [-0.39, 0.29) is 29.9 Å². The molecule has 2 saturated heterocycles. The van der Waals surface area contributed by atoms with E-state index >= 15 is 0 Å². The first-order valence-electron chi connectivity index (χ1n) is 14.8. The maximum atomic E-state index is 14.0. The van der Waals surface area contributed by atoms with Crippen molar-refractivity contribution in [3.63, 3.8) is 0 Å². The molecule has 214 valence electrons. The molecular weight excluding hydrogens is 502 g/mol. The number of benzene rings is 2. The van der Waals surface area contributed by atoms with E-state index in [1.54, 1.807) is 11.9 Å². The molecular formula is C32H43N5O3. The number of aryl methyl sites for hydroxylation is 1. The molecule has 4 amide bonds. The standard InChI is InChI=1S/C32H43N5O3/c1-32(2)26-13-7-8-14-27(26)37(30(32)39)25-17-20-36(21-18-25)29(38)28(16-15-23-10-5-4-6-11-23)35(3)31(40)34-24-12-9-19-33-22-24/h4-8,10-11,13-14,24-25,28,33H,9,12,15-22H2,1-3H3,(H,34,40)/t24-,28+/m1/s1. The monoisotopic (exact) mass is 545 g/mol. The fourth-order valence-electron chi connectivity index (χ4n) is 6.48. The van der Waals surface area contributed by atoms with Crippen molar-refractivity contribution in [3.05, 3.63) is 65.7 Å². The summed E-state index contributed by atoms with van der Waals surface area (Å²) in [6.45, 7) is 6.86. The minimum absolute atomic E-state index is 0.0118. The Bertz CT molecular complexity index is 1200. The Morgan fingerprint density at radius 1 is 1.05 bits per heavy atom. The van der Waals surface area contributed by atoms with Crippen molar-refractivity contribution in [1.29, 1.82) is 0 Å². The lowest BCUT2D eigenvalue weighted by molar-refractivity contribution is -0.137. The number of rotatable bonds is 7. The van der Waals surface area contributed by atoms with Gasteiger partial charge in [0.05, 0.1) is 5.41 Å². The normalized spacial score (nSPS) is 21.6. The lowest BCUT2D eigenvalue weighted by atomic mass is 9.86. The van der Waals surface area contributed by atoms with Crippen molar-refractivity contribution in [2.45, 2.75) is 75.9 Å². The zero-order valence-corrected chi connectivity index (χ0v) is 24.1. The van der Waals surface area contributed by atoms with Gasteiger partial charge in [0.1, 0.15) is 6.04 Å². The van der Waals surface area contributed by atoms with Gasteiger partial charge in [0.15, 0.2) is 0 Å². The molecule has 8 heteroatoms. The van der Waals surface area contributed by atoms with Gasteiger partial charge in [-0.15, -0.1) is 0 Å². The molecule has 0 unspecified atom stereocenters. The minimum Gasteiger partial charge on any atom is -0.341 e. The molecule has 2 aromatic rings. The Kier molecular flexibility index (Phi) is 8.45. The molecule has 3 aliphatic heterocycles. The number of likely N-dealkylation sites (N-methyl/N-ethyl adjacent to an activating group) is 1. The van der Waals surface area contributed by atoms with Crippen LogP contribution in [0.5, 0.6) is 0 Å². The quantitative estimate of drug-likeness (QED) is 0.556. The van der Waals surface area contributed by atoms with E-state index in [0.29, 0.717) is 25.9 Å². The summed E-state index contributed by atoms with van der Waals surface area (Å²) >= 11 is 0. The van der Waals surface area contributed by atoms with Gasteiger partial charge < -0.3 is 25.3 Å². The molecule has 2 atom stereocenters. The molecule has 3 aliphatic rings. The van der Waals surface area contributed by atoms with Gasteiger partial charge in [0.2, 0.25) is 11.8 Å². The van der Waals surface area contributed by atoms with Crippen molar-refractivity contribution in [3.8, 4) is 0 Å². The van der Waals surface area contributed by atoms with E-state index in [1.807, 2.05) is 66.1 Å². The van der Waals surface area contributed by atoms with Gasteiger partial charge in [0, 0.05) is 44.5 Å². The van der Waals surface area contributed by atoms with E-state index in [2.05, 4.69) is 22.8 Å². The van der Waals surface area contributed by atoms with Crippen LogP contribution in [0.4, 0.5) is 10.5 Å². The number of para-hydroxylation sites is 1. The molecule has 0 aromatic heterocycles. The summed E-state index contributed by atoms with van der Waals surface area (Å²) in [5.74, 6) is 0.120. The van der Waals surface area contributed by atoms with E-state index < -0.39 is 11.5 Å². The van der Waals surface area contributed by atoms with Crippen LogP contribution in [0, 0.1) is 0 Å². The van der Waals surface area contributed by atoms with Gasteiger partial charge >= 0.3 is 6.03 Å². The number of fused-ring (bicyclic) bond motifs is 1. The third-order valence-electron chi connectivity index (χ3n) is 8.98. The summed E-state index contributed by atoms with van der Waals surface area (Å²) in [4.78, 5) is 46.1. The van der Waals surface area contributed by atoms with Crippen LogP contribution in [0.25, 0.3) is 0 Å². The number of hydrogen-bond acceptors (Lipinski definition) is 4. The molecule has 0 aliphatic carbocycles. The summed E-state index contributed by atoms with van der Waals surface area (Å²) in [5, 5.41) is 6.47. The maximum absolute atomic E-state index is 14.0. The molecule has 0 spiro atoms. The largest absolute Gasteiger partial charge is 0.341 e. The van der Waals surface area contributed by atoms with Crippen LogP contribution < -0.4 is 15.5 Å². The number of carbonyl (C=O) groups is 3. The van der Waals surface area contributed by atoms with Crippen molar-refractivity contribution >= 4 is 23.5 Å². The summed E-state index contributed by atoms with van der Waals surface area (Å²) in [5.41, 5.74) is 2.67. The van der Waals surface area contributed by atoms with Gasteiger partial charge in [-0.3, -0.25) is 9.59 Å². The average molecular weight is 546 g/mol. The van der Waals surface area contributed by atoms with Crippen LogP contribution in [-0.4, -0.2) is 79.0 Å². The van der Waals surface area contributed by atoms with Crippen LogP contribution in [0.1, 0.15) is 57.1 Å². The van der Waals surface area contributed by atoms with Gasteiger partial charge in [-0.25, -0.2) is 4.79 Å². The van der Waals surface area contributed by atoms with E-state index in [4.69, 9.17) is 0 Å². The third kappa shape index (κ3) is 5.73. The van der Waals surface area contributed by atoms with Crippen LogP contribution >= 0.6 is 0 Å². The number of anilines is 1. The Labute approximate surface area is 238 Å². The molecule has 2 fully saturated rings. The molecule has 8 nitrogen and oxygen atoms in total. The number of hydrogen-bond donors (Lipinski definition) is 2. The number of likely N-dealkylation sites (tertiary alicyclic amines) is 1. The lowest BCUT2D eigenvalue weighted by Gasteiger charge is -2.40. The van der Waals surface area contributed by atoms with Crippen LogP contribution in [0.15, 0.2) is 54.6 Å². The highest BCUT2D eigenvalue weighted by molar-refractivity contribution is 6.08. The molecule has 40 heavy (non-hydrogen) atoms.